The van der Waals surface area contributed by atoms with Crippen molar-refractivity contribution < 1.29 is 32.3 Å². The summed E-state index contributed by atoms with van der Waals surface area (Å²) in [7, 11) is 0. The number of likely N-dealkylation sites (tertiary alicyclic amines) is 1. The van der Waals surface area contributed by atoms with Crippen molar-refractivity contribution in [3.05, 3.63) is 42.2 Å². The molecule has 1 aliphatic rings. The van der Waals surface area contributed by atoms with E-state index in [1.165, 1.54) is 12.3 Å². The Morgan fingerprint density at radius 3 is 2.57 bits per heavy atom. The van der Waals surface area contributed by atoms with Crippen LogP contribution in [0.4, 0.5) is 18.0 Å². The van der Waals surface area contributed by atoms with Gasteiger partial charge in [0.25, 0.3) is 5.91 Å². The number of alkyl halides is 3. The van der Waals surface area contributed by atoms with Crippen LogP contribution in [-0.2, 0) is 14.3 Å². The molecule has 0 bridgehead atoms. The number of hydrogen-bond donors (Lipinski definition) is 2. The minimum Gasteiger partial charge on any atom is -0.440 e. The molecule has 0 radical (unpaired) electrons. The number of pyridine rings is 1. The van der Waals surface area contributed by atoms with Crippen molar-refractivity contribution in [3.63, 3.8) is 0 Å². The molecule has 2 aromatic rings. The van der Waals surface area contributed by atoms with Gasteiger partial charge in [0.05, 0.1) is 6.04 Å². The summed E-state index contributed by atoms with van der Waals surface area (Å²) in [5.41, 5.74) is 9.04. The molecular weight excluding hydrogens is 381 g/mol. The summed E-state index contributed by atoms with van der Waals surface area (Å²) in [4.78, 5) is 40.1. The number of primary amides is 1. The van der Waals surface area contributed by atoms with E-state index in [0.29, 0.717) is 10.3 Å². The van der Waals surface area contributed by atoms with Gasteiger partial charge < -0.3 is 16.2 Å². The van der Waals surface area contributed by atoms with Crippen LogP contribution in [0.5, 0.6) is 0 Å². The Balaban J connectivity index is 2.06. The summed E-state index contributed by atoms with van der Waals surface area (Å²) in [6.07, 6.45) is -2.69. The third kappa shape index (κ3) is 3.24. The van der Waals surface area contributed by atoms with E-state index in [9.17, 15) is 27.6 Å². The van der Waals surface area contributed by atoms with E-state index in [1.54, 1.807) is 24.4 Å². The molecule has 3 amide bonds. The van der Waals surface area contributed by atoms with Gasteiger partial charge in [0.2, 0.25) is 5.60 Å². The molecular formula is C17H15F3N4O4. The smallest absolute Gasteiger partial charge is 0.440 e. The molecule has 0 saturated carbocycles. The maximum Gasteiger partial charge on any atom is 0.490 e. The minimum atomic E-state index is -5.35. The molecule has 1 unspecified atom stereocenters. The van der Waals surface area contributed by atoms with E-state index in [-0.39, 0.29) is 12.1 Å². The molecule has 28 heavy (non-hydrogen) atoms. The largest absolute Gasteiger partial charge is 0.490 e. The Morgan fingerprint density at radius 1 is 1.25 bits per heavy atom. The summed E-state index contributed by atoms with van der Waals surface area (Å²) >= 11 is 0. The summed E-state index contributed by atoms with van der Waals surface area (Å²) in [6, 6.07) is 3.65. The fraction of sp³-hybridized carbons (Fsp3) is 0.294. The number of ether oxygens (including phenoxy) is 1. The molecule has 11 heteroatoms. The Kier molecular flexibility index (Phi) is 4.71. The quantitative estimate of drug-likeness (QED) is 0.755. The van der Waals surface area contributed by atoms with Gasteiger partial charge in [-0.3, -0.25) is 14.7 Å². The van der Waals surface area contributed by atoms with Gasteiger partial charge in [-0.25, -0.2) is 9.59 Å². The highest BCUT2D eigenvalue weighted by Gasteiger charge is 2.59. The second kappa shape index (κ2) is 6.75. The highest BCUT2D eigenvalue weighted by molar-refractivity contribution is 6.02. The Bertz CT molecular complexity index is 965. The van der Waals surface area contributed by atoms with Gasteiger partial charge in [-0.15, -0.1) is 0 Å². The van der Waals surface area contributed by atoms with Gasteiger partial charge in [-0.05, 0) is 23.1 Å². The normalized spacial score (nSPS) is 21.0. The van der Waals surface area contributed by atoms with E-state index in [2.05, 4.69) is 9.72 Å². The average molecular weight is 396 g/mol. The maximum atomic E-state index is 12.8. The summed E-state index contributed by atoms with van der Waals surface area (Å²) < 4.78 is 43.0. The van der Waals surface area contributed by atoms with E-state index < -0.39 is 42.1 Å². The van der Waals surface area contributed by atoms with Crippen molar-refractivity contribution in [3.8, 4) is 0 Å². The molecule has 8 nitrogen and oxygen atoms in total. The van der Waals surface area contributed by atoms with Crippen LogP contribution in [0.3, 0.4) is 0 Å². The number of carbonyl (C=O) groups is 3. The number of hydrogen-bond acceptors (Lipinski definition) is 6. The zero-order valence-corrected chi connectivity index (χ0v) is 14.3. The number of halogens is 3. The van der Waals surface area contributed by atoms with Gasteiger partial charge in [0.1, 0.15) is 0 Å². The number of nitrogens with zero attached hydrogens (tertiary/aromatic N) is 2. The van der Waals surface area contributed by atoms with Crippen molar-refractivity contribution in [2.45, 2.75) is 24.2 Å². The predicted molar refractivity (Wildman–Crippen MR) is 89.5 cm³/mol. The first-order valence-corrected chi connectivity index (χ1v) is 8.07. The number of amides is 3. The fourth-order valence-corrected chi connectivity index (χ4v) is 3.16. The van der Waals surface area contributed by atoms with Crippen LogP contribution in [0, 0.1) is 0 Å². The second-order valence-electron chi connectivity index (χ2n) is 6.28. The van der Waals surface area contributed by atoms with Gasteiger partial charge in [0, 0.05) is 30.7 Å². The molecule has 1 aliphatic heterocycles. The summed E-state index contributed by atoms with van der Waals surface area (Å²) in [5.74, 6) is -3.77. The molecule has 0 spiro atoms. The maximum absolute atomic E-state index is 12.8. The lowest BCUT2D eigenvalue weighted by Crippen LogP contribution is -2.54. The Labute approximate surface area is 156 Å². The summed E-state index contributed by atoms with van der Waals surface area (Å²) in [5, 5.41) is 1.40. The molecule has 2 heterocycles. The van der Waals surface area contributed by atoms with Crippen LogP contribution in [0.25, 0.3) is 10.8 Å². The number of urea groups is 1. The van der Waals surface area contributed by atoms with Crippen LogP contribution in [0.1, 0.15) is 18.0 Å². The first-order valence-electron chi connectivity index (χ1n) is 8.07. The molecule has 1 fully saturated rings. The number of nitrogens with two attached hydrogens (primary N) is 2. The molecule has 1 aromatic carbocycles. The lowest BCUT2D eigenvalue weighted by atomic mass is 9.86. The summed E-state index contributed by atoms with van der Waals surface area (Å²) in [6.45, 7) is -0.329. The van der Waals surface area contributed by atoms with E-state index in [1.807, 2.05) is 0 Å². The zero-order valence-electron chi connectivity index (χ0n) is 14.3. The van der Waals surface area contributed by atoms with Crippen LogP contribution < -0.4 is 11.5 Å². The number of carbonyl (C=O) groups excluding carboxylic acids is 3. The van der Waals surface area contributed by atoms with Gasteiger partial charge in [-0.1, -0.05) is 12.1 Å². The monoisotopic (exact) mass is 396 g/mol. The number of fused-ring (bicyclic) bond motifs is 1. The lowest BCUT2D eigenvalue weighted by molar-refractivity contribution is -0.215. The highest BCUT2D eigenvalue weighted by atomic mass is 19.4. The number of rotatable bonds is 3. The van der Waals surface area contributed by atoms with Crippen molar-refractivity contribution in [1.29, 1.82) is 0 Å². The molecule has 1 aromatic heterocycles. The molecule has 2 atom stereocenters. The fourth-order valence-electron chi connectivity index (χ4n) is 3.16. The number of esters is 1. The highest BCUT2D eigenvalue weighted by Crippen LogP contribution is 2.39. The van der Waals surface area contributed by atoms with E-state index in [0.717, 1.165) is 5.39 Å². The van der Waals surface area contributed by atoms with E-state index >= 15 is 0 Å². The topological polar surface area (TPSA) is 129 Å². The van der Waals surface area contributed by atoms with Crippen LogP contribution in [0.15, 0.2) is 36.7 Å². The standard InChI is InChI=1S/C17H15F3N4O4/c18-17(19,20)14(26)28-16(4-6-24(13(16)25)15(22)27)12(21)10-1-2-11-8-23-5-3-9(11)7-10/h1-3,5,7-8,12H,4,6,21H2,(H2,22,27)/t12?,16-/m0/s1. The third-order valence-corrected chi connectivity index (χ3v) is 4.61. The van der Waals surface area contributed by atoms with Crippen molar-refractivity contribution in [1.82, 2.24) is 9.88 Å². The van der Waals surface area contributed by atoms with Crippen LogP contribution in [-0.4, -0.2) is 46.1 Å². The minimum absolute atomic E-state index is 0.244. The molecule has 1 saturated heterocycles. The molecule has 4 N–H and O–H groups in total. The number of imide groups is 1. The first kappa shape index (κ1) is 19.5. The first-order chi connectivity index (χ1) is 13.1. The predicted octanol–water partition coefficient (Wildman–Crippen LogP) is 1.39. The van der Waals surface area contributed by atoms with Crippen LogP contribution in [0.2, 0.25) is 0 Å². The van der Waals surface area contributed by atoms with E-state index in [4.69, 9.17) is 11.5 Å². The van der Waals surface area contributed by atoms with Crippen molar-refractivity contribution in [2.75, 3.05) is 6.54 Å². The number of benzene rings is 1. The van der Waals surface area contributed by atoms with Crippen molar-refractivity contribution >= 4 is 28.7 Å². The number of aromatic nitrogens is 1. The lowest BCUT2D eigenvalue weighted by Gasteiger charge is -2.33. The molecule has 0 aliphatic carbocycles. The Hall–Kier alpha value is -3.21. The van der Waals surface area contributed by atoms with Gasteiger partial charge in [0.15, 0.2) is 0 Å². The Morgan fingerprint density at radius 2 is 1.96 bits per heavy atom. The van der Waals surface area contributed by atoms with Gasteiger partial charge >= 0.3 is 18.2 Å². The zero-order chi connectivity index (χ0) is 20.7. The third-order valence-electron chi connectivity index (χ3n) is 4.61. The van der Waals surface area contributed by atoms with Crippen molar-refractivity contribution in [2.24, 2.45) is 11.5 Å². The SMILES string of the molecule is NC(=O)N1CC[C@](OC(=O)C(F)(F)F)(C(N)c2ccc3cnccc3c2)C1=O. The van der Waals surface area contributed by atoms with Gasteiger partial charge in [-0.2, -0.15) is 13.2 Å². The molecule has 148 valence electrons. The second-order valence-corrected chi connectivity index (χ2v) is 6.28. The van der Waals surface area contributed by atoms with Crippen LogP contribution >= 0.6 is 0 Å². The average Bonchev–Trinajstić information content (AvgIpc) is 2.97. The molecule has 3 rings (SSSR count).